The first-order chi connectivity index (χ1) is 60.4. The molecule has 30 nitrogen and oxygen atoms in total. The van der Waals surface area contributed by atoms with Crippen molar-refractivity contribution < 1.29 is 18.9 Å². The van der Waals surface area contributed by atoms with E-state index in [4.69, 9.17) is 130 Å². The third-order valence-corrected chi connectivity index (χ3v) is 22.4. The molecule has 3 aliphatic heterocycles. The van der Waals surface area contributed by atoms with Gasteiger partial charge in [0.1, 0.15) is 23.0 Å². The number of nitrogens with zero attached hydrogens (tertiary/aromatic N) is 19. The van der Waals surface area contributed by atoms with Gasteiger partial charge in [-0.2, -0.15) is 59.8 Å². The zero-order chi connectivity index (χ0) is 91.0. The number of likely N-dealkylation sites (tertiary alicyclic amines) is 2. The number of hydrogen-bond acceptors (Lipinski definition) is 30. The quantitative estimate of drug-likeness (QED) is 0.0176. The summed E-state index contributed by atoms with van der Waals surface area (Å²) in [4.78, 5) is 69.1. The van der Waals surface area contributed by atoms with Crippen LogP contribution in [-0.4, -0.2) is 243 Å². The predicted octanol–water partition coefficient (Wildman–Crippen LogP) is 22.5. The number of anilines is 13. The summed E-state index contributed by atoms with van der Waals surface area (Å²) in [5.41, 5.74) is 3.04. The number of rotatable bonds is 40. The summed E-state index contributed by atoms with van der Waals surface area (Å²) in [6, 6.07) is 23.2. The van der Waals surface area contributed by atoms with Gasteiger partial charge in [0.25, 0.3) is 0 Å². The highest BCUT2D eigenvalue weighted by Gasteiger charge is 2.27. The Hall–Kier alpha value is -7.85. The highest BCUT2D eigenvalue weighted by atomic mass is 35.5. The molecule has 4 aromatic carbocycles. The Labute approximate surface area is 808 Å². The normalized spacial score (nSPS) is 13.1. The van der Waals surface area contributed by atoms with Crippen LogP contribution in [0, 0.1) is 0 Å². The second-order valence-corrected chi connectivity index (χ2v) is 33.2. The molecule has 4 aromatic heterocycles. The first-order valence-electron chi connectivity index (χ1n) is 44.0. The molecule has 3 aliphatic rings. The second-order valence-electron chi connectivity index (χ2n) is 30.6. The van der Waals surface area contributed by atoms with Gasteiger partial charge in [0.2, 0.25) is 69.4 Å². The first-order valence-corrected chi connectivity index (χ1v) is 46.6. The number of nitrogens with one attached hydrogen (secondary N) is 7. The lowest BCUT2D eigenvalue weighted by atomic mass is 10.0. The van der Waals surface area contributed by atoms with Gasteiger partial charge in [0.15, 0.2) is 0 Å². The van der Waals surface area contributed by atoms with Crippen LogP contribution in [0.25, 0.3) is 0 Å². The van der Waals surface area contributed by atoms with Crippen molar-refractivity contribution in [3.63, 3.8) is 0 Å². The maximum absolute atomic E-state index is 6.33. The molecule has 7 heterocycles. The number of benzene rings is 4. The van der Waals surface area contributed by atoms with Crippen molar-refractivity contribution in [3.05, 3.63) is 109 Å². The van der Waals surface area contributed by atoms with Crippen molar-refractivity contribution >= 4 is 157 Å². The maximum Gasteiger partial charge on any atom is 0.233 e. The van der Waals surface area contributed by atoms with Crippen LogP contribution in [0.3, 0.4) is 0 Å². The molecule has 0 unspecified atom stereocenters. The van der Waals surface area contributed by atoms with Gasteiger partial charge in [-0.3, -0.25) is 0 Å². The van der Waals surface area contributed by atoms with Crippen LogP contribution in [0.15, 0.2) is 72.8 Å². The Balaban J connectivity index is 0.000000550. The molecule has 724 valence electrons. The Morgan fingerprint density at radius 1 is 0.357 bits per heavy atom. The molecule has 0 radical (unpaired) electrons. The van der Waals surface area contributed by atoms with Crippen molar-refractivity contribution in [2.75, 3.05) is 201 Å². The molecule has 0 spiro atoms. The summed E-state index contributed by atoms with van der Waals surface area (Å²) < 4.78 is 20.7. The molecule has 11 rings (SSSR count). The Morgan fingerprint density at radius 3 is 0.969 bits per heavy atom. The number of ether oxygens (including phenoxy) is 4. The number of unbranched alkanes of at least 4 members (excludes halogenated alkanes) is 4. The number of halogens is 7. The van der Waals surface area contributed by atoms with E-state index in [9.17, 15) is 0 Å². The summed E-state index contributed by atoms with van der Waals surface area (Å²) in [5.74, 6) is 7.53. The van der Waals surface area contributed by atoms with Gasteiger partial charge in [-0.15, -0.1) is 0 Å². The monoisotopic (exact) mass is 1930 g/mol. The fourth-order valence-electron chi connectivity index (χ4n) is 13.4. The molecule has 0 bridgehead atoms. The van der Waals surface area contributed by atoms with E-state index in [0.29, 0.717) is 102 Å². The second kappa shape index (κ2) is 65.7. The molecule has 0 aliphatic carbocycles. The predicted molar refractivity (Wildman–Crippen MR) is 550 cm³/mol. The maximum atomic E-state index is 6.33. The van der Waals surface area contributed by atoms with E-state index in [1.54, 1.807) is 58.8 Å². The molecule has 0 atom stereocenters. The minimum absolute atomic E-state index is 0. The van der Waals surface area contributed by atoms with Gasteiger partial charge >= 0.3 is 0 Å². The van der Waals surface area contributed by atoms with Crippen LogP contribution in [0.4, 0.5) is 76.3 Å². The standard InChI is InChI=1S/C24H38ClN7O.C23H36ClN7O.C17H23Cl2N5O.C10H7Cl3N4O.C7H16N2.C7H17N.4CH4/c1-6-8-14-32(13-7-2)24-28-22(26-18-9-10-21(33-5)20(25)17-18)27-23(29-24)31(4)19-11-15-30(3)16-12-19;1-5-7-15-31(14-6-2)23-28-21(26-17-8-9-20(32-4)19(24)16-17)27-22(29-23)30(3)18-10-12-25-13-11-18;1-4-6-10-24(9-5-2)17-22-15(19)21-16(23-17)20-12-7-8-14(25-3)13(18)11-12;1-18-7-3-2-5(4-6(7)11)14-10-16-8(12)15-9(13)17-10;1-8-7-3-5-9(2)6-4-7;1-3-5-7-8-6-4-2;;;;/h9-10,17,19H,6-8,11-16H2,1-5H3,(H,26,27,28,29);8-9,16,18,25H,5-7,10-15H2,1-4H3,(H,26,27,28,29);7-8,11H,4-6,9-10H2,1-3H3,(H,20,21,22,23);2-4H,1H3,(H,14,15,16,17);7-8H,3-6H2,1-2H3;8H,3-7H2,1-2H3;4*1H4. The Kier molecular flexibility index (Phi) is 59.7. The fourth-order valence-corrected chi connectivity index (χ4v) is 15.0. The van der Waals surface area contributed by atoms with Crippen molar-refractivity contribution in [3.8, 4) is 23.0 Å². The van der Waals surface area contributed by atoms with Crippen molar-refractivity contribution in [2.45, 2.75) is 219 Å². The fraction of sp³-hybridized carbons (Fsp3) is 0.609. The summed E-state index contributed by atoms with van der Waals surface area (Å²) in [5, 5.41) is 25.0. The van der Waals surface area contributed by atoms with Gasteiger partial charge in [0, 0.05) is 94.2 Å². The summed E-state index contributed by atoms with van der Waals surface area (Å²) in [6.07, 6.45) is 20.5. The Bertz CT molecular complexity index is 4320. The summed E-state index contributed by atoms with van der Waals surface area (Å²) in [6.45, 7) is 32.0. The minimum Gasteiger partial charge on any atom is -0.495 e. The number of piperidine rings is 3. The molecule has 37 heteroatoms. The number of aromatic nitrogens is 12. The van der Waals surface area contributed by atoms with E-state index in [-0.39, 0.29) is 51.5 Å². The number of methoxy groups -OCH3 is 4. The molecule has 8 aromatic rings. The number of hydrogen-bond donors (Lipinski definition) is 7. The van der Waals surface area contributed by atoms with E-state index in [1.807, 2.05) is 42.5 Å². The first kappa shape index (κ1) is 117. The van der Waals surface area contributed by atoms with E-state index in [2.05, 4.69) is 192 Å². The Morgan fingerprint density at radius 2 is 0.659 bits per heavy atom. The van der Waals surface area contributed by atoms with E-state index < -0.39 is 0 Å². The van der Waals surface area contributed by atoms with Gasteiger partial charge in [0.05, 0.1) is 48.5 Å². The lowest BCUT2D eigenvalue weighted by molar-refractivity contribution is 0.240. The average Bonchev–Trinajstić information content (AvgIpc) is 0.817. The SMILES string of the molecule is C.C.C.C.CCCCN(CCC)c1nc(Cl)nc(Nc2ccc(OC)c(Cl)c2)n1.CCCCN(CCC)c1nc(Nc2ccc(OC)c(Cl)c2)nc(N(C)C2CCN(C)CC2)n1.CCCCN(CCC)c1nc(Nc2ccc(OC)c(Cl)c2)nc(N(C)C2CCNCC2)n1.CCCCNCCC.CNC1CCN(C)CC1.COc1ccc(Nc2nc(Cl)nc(Cl)n2)cc1Cl. The smallest absolute Gasteiger partial charge is 0.233 e. The van der Waals surface area contributed by atoms with Crippen LogP contribution in [0.5, 0.6) is 23.0 Å². The molecule has 7 N–H and O–H groups in total. The molecule has 0 saturated carbocycles. The third kappa shape index (κ3) is 41.9. The van der Waals surface area contributed by atoms with Crippen molar-refractivity contribution in [1.29, 1.82) is 0 Å². The topological polar surface area (TPSA) is 298 Å². The molecular formula is C92H153Cl7N26O4. The van der Waals surface area contributed by atoms with Crippen LogP contribution >= 0.6 is 81.2 Å². The lowest BCUT2D eigenvalue weighted by Crippen LogP contribution is -2.42. The van der Waals surface area contributed by atoms with Crippen LogP contribution in [0.2, 0.25) is 35.9 Å². The van der Waals surface area contributed by atoms with Crippen LogP contribution in [-0.2, 0) is 0 Å². The van der Waals surface area contributed by atoms with Crippen molar-refractivity contribution in [2.24, 2.45) is 0 Å². The van der Waals surface area contributed by atoms with Gasteiger partial charge in [-0.1, -0.05) is 157 Å². The largest absolute Gasteiger partial charge is 0.495 e. The average molecular weight is 1940 g/mol. The third-order valence-electron chi connectivity index (χ3n) is 20.7. The molecule has 129 heavy (non-hydrogen) atoms. The molecule has 3 saturated heterocycles. The van der Waals surface area contributed by atoms with E-state index in [1.165, 1.54) is 58.3 Å². The minimum atomic E-state index is 0. The summed E-state index contributed by atoms with van der Waals surface area (Å²) >= 11 is 42.2. The van der Waals surface area contributed by atoms with Crippen LogP contribution < -0.4 is 80.7 Å². The molecular weight excluding hydrogens is 1780 g/mol. The van der Waals surface area contributed by atoms with E-state index in [0.717, 1.165) is 178 Å². The van der Waals surface area contributed by atoms with Gasteiger partial charge < -0.3 is 90.5 Å². The molecule has 3 fully saturated rings. The zero-order valence-corrected chi connectivity index (χ0v) is 81.9. The summed E-state index contributed by atoms with van der Waals surface area (Å²) in [7, 11) is 16.9. The molecule has 0 amide bonds. The highest BCUT2D eigenvalue weighted by Crippen LogP contribution is 2.35. The van der Waals surface area contributed by atoms with Crippen molar-refractivity contribution in [1.82, 2.24) is 85.6 Å². The van der Waals surface area contributed by atoms with Gasteiger partial charge in [-0.25, -0.2) is 0 Å². The lowest BCUT2D eigenvalue weighted by Gasteiger charge is -2.35. The van der Waals surface area contributed by atoms with E-state index >= 15 is 0 Å². The van der Waals surface area contributed by atoms with Gasteiger partial charge in [-0.05, 0) is 271 Å². The highest BCUT2D eigenvalue weighted by molar-refractivity contribution is 6.33. The van der Waals surface area contributed by atoms with Crippen LogP contribution in [0.1, 0.15) is 201 Å². The zero-order valence-electron chi connectivity index (χ0n) is 76.6.